The predicted molar refractivity (Wildman–Crippen MR) is 516 cm³/mol. The minimum atomic E-state index is 1.14. The van der Waals surface area contributed by atoms with Crippen LogP contribution >= 0.6 is 0 Å². The molecule has 0 atom stereocenters. The van der Waals surface area contributed by atoms with Gasteiger partial charge in [-0.2, -0.15) is 0 Å². The molecule has 6 nitrogen and oxygen atoms in total. The van der Waals surface area contributed by atoms with Gasteiger partial charge in [0.2, 0.25) is 0 Å². The predicted octanol–water partition coefficient (Wildman–Crippen LogP) is 30.9. The summed E-state index contributed by atoms with van der Waals surface area (Å²) in [5.74, 6) is 0. The van der Waals surface area contributed by atoms with Gasteiger partial charge in [0.1, 0.15) is 0 Å². The van der Waals surface area contributed by atoms with Crippen molar-refractivity contribution in [3.8, 4) is 78.6 Å². The van der Waals surface area contributed by atoms with Crippen LogP contribution in [-0.4, -0.2) is 27.4 Å². The summed E-state index contributed by atoms with van der Waals surface area (Å²) in [6, 6.07) is 165. The number of hydrogen-bond acceptors (Lipinski definition) is 0. The van der Waals surface area contributed by atoms with Gasteiger partial charge in [0.25, 0.3) is 0 Å². The summed E-state index contributed by atoms with van der Waals surface area (Å²) in [6.07, 6.45) is 0. The molecule has 0 spiro atoms. The Kier molecular flexibility index (Phi) is 15.6. The highest BCUT2D eigenvalue weighted by atomic mass is 15.0. The van der Waals surface area contributed by atoms with E-state index in [0.717, 1.165) is 22.7 Å². The summed E-state index contributed by atoms with van der Waals surface area (Å²) in [7, 11) is 0. The van der Waals surface area contributed by atoms with Crippen molar-refractivity contribution in [2.24, 2.45) is 0 Å². The molecular weight excluding hydrogens is 1480 g/mol. The minimum Gasteiger partial charge on any atom is -0.309 e. The van der Waals surface area contributed by atoms with E-state index in [4.69, 9.17) is 0 Å². The molecule has 0 N–H and O–H groups in total. The lowest BCUT2D eigenvalue weighted by atomic mass is 10.00. The molecule has 6 heterocycles. The van der Waals surface area contributed by atoms with E-state index in [-0.39, 0.29) is 0 Å². The molecule has 20 aromatic carbocycles. The van der Waals surface area contributed by atoms with Gasteiger partial charge in [0.05, 0.1) is 77.6 Å². The number of nitrogens with zero attached hydrogens (tertiary/aromatic N) is 6. The van der Waals surface area contributed by atoms with E-state index < -0.39 is 0 Å². The molecule has 0 saturated heterocycles. The maximum Gasteiger partial charge on any atom is 0.0562 e. The van der Waals surface area contributed by atoms with Gasteiger partial charge in [0, 0.05) is 98.2 Å². The molecule has 0 fully saturated rings. The molecule has 0 aliphatic carbocycles. The zero-order valence-electron chi connectivity index (χ0n) is 66.4. The van der Waals surface area contributed by atoms with Crippen molar-refractivity contribution < 1.29 is 0 Å². The SMILES string of the molecule is c1ccc(-c2cccc(-n3c4ccc(-c5ccc6c(c5)c5ccccc5n6-c5cccc6ccccc56)cc4c4cc5c(cc43)c3ccccc3n5-c3ccccc3)c2)cc1.c1ccc(-c2cccc(-n3c4ccc(-c5ccc6c(c5)c5ccccc5n6-c5cccc6ccccc56)cc4c4cc5c6ccccc6n(-c6ccccc6)c5cc43)c2)cc1. The van der Waals surface area contributed by atoms with Gasteiger partial charge < -0.3 is 27.4 Å². The monoisotopic (exact) mass is 1550 g/mol. The zero-order chi connectivity index (χ0) is 80.0. The van der Waals surface area contributed by atoms with E-state index in [0.29, 0.717) is 0 Å². The van der Waals surface area contributed by atoms with Crippen molar-refractivity contribution >= 4 is 152 Å². The van der Waals surface area contributed by atoms with Crippen LogP contribution in [0, 0.1) is 0 Å². The third-order valence-corrected chi connectivity index (χ3v) is 25.6. The topological polar surface area (TPSA) is 29.6 Å². The quantitative estimate of drug-likeness (QED) is 0.131. The molecule has 122 heavy (non-hydrogen) atoms. The minimum absolute atomic E-state index is 1.14. The van der Waals surface area contributed by atoms with Crippen molar-refractivity contribution in [1.82, 2.24) is 27.4 Å². The number of aromatic nitrogens is 6. The van der Waals surface area contributed by atoms with Gasteiger partial charge in [-0.1, -0.05) is 291 Å². The van der Waals surface area contributed by atoms with Crippen LogP contribution in [0.3, 0.4) is 0 Å². The van der Waals surface area contributed by atoms with Crippen LogP contribution in [0.25, 0.3) is 231 Å². The van der Waals surface area contributed by atoms with Crippen molar-refractivity contribution in [3.63, 3.8) is 0 Å². The Morgan fingerprint density at radius 3 is 0.746 bits per heavy atom. The third kappa shape index (κ3) is 10.8. The second-order valence-electron chi connectivity index (χ2n) is 32.3. The van der Waals surface area contributed by atoms with Crippen LogP contribution in [0.4, 0.5) is 0 Å². The van der Waals surface area contributed by atoms with Crippen LogP contribution in [0.1, 0.15) is 0 Å². The number of benzene rings is 20. The molecule has 0 saturated carbocycles. The molecule has 6 heteroatoms. The first-order valence-electron chi connectivity index (χ1n) is 42.0. The summed E-state index contributed by atoms with van der Waals surface area (Å²) < 4.78 is 14.7. The molecule has 0 radical (unpaired) electrons. The second kappa shape index (κ2) is 27.7. The van der Waals surface area contributed by atoms with Crippen LogP contribution in [0.2, 0.25) is 0 Å². The average molecular weight is 1550 g/mol. The van der Waals surface area contributed by atoms with E-state index in [9.17, 15) is 0 Å². The van der Waals surface area contributed by atoms with Crippen molar-refractivity contribution in [2.75, 3.05) is 0 Å². The van der Waals surface area contributed by atoms with Gasteiger partial charge in [-0.05, 0) is 213 Å². The van der Waals surface area contributed by atoms with Gasteiger partial charge in [-0.25, -0.2) is 0 Å². The standard InChI is InChI=1S/2C58H37N3/c1-3-15-38(16-4-1)40-19-13-22-44(33-40)60-55-31-29-42(35-49(55)51-37-57-50(36-58(51)60)47-25-9-11-26-53(47)59(57)43-20-5-2-6-21-43)41-30-32-56-48(34-41)46-24-10-12-27-54(46)61(56)52-28-14-18-39-17-7-8-23-45(39)52;1-3-15-38(16-4-1)40-19-13-22-44(33-40)60-55-31-29-42(35-49(55)51-36-50-47-25-9-11-26-53(47)59(57(50)37-58(51)60)43-20-5-2-6-21-43)41-30-32-56-48(34-41)46-24-10-12-27-54(46)61(56)52-28-14-18-39-17-7-8-23-45(39)52/h2*1-37H. The van der Waals surface area contributed by atoms with Gasteiger partial charge in [-0.3, -0.25) is 0 Å². The Morgan fingerprint density at radius 2 is 0.344 bits per heavy atom. The third-order valence-electron chi connectivity index (χ3n) is 25.6. The van der Waals surface area contributed by atoms with Crippen LogP contribution in [-0.2, 0) is 0 Å². The number of para-hydroxylation sites is 6. The van der Waals surface area contributed by atoms with Crippen LogP contribution in [0.15, 0.2) is 449 Å². The molecule has 568 valence electrons. The maximum absolute atomic E-state index is 2.47. The van der Waals surface area contributed by atoms with Crippen molar-refractivity contribution in [2.45, 2.75) is 0 Å². The Morgan fingerprint density at radius 1 is 0.107 bits per heavy atom. The molecule has 0 amide bonds. The molecule has 0 aliphatic rings. The van der Waals surface area contributed by atoms with Gasteiger partial charge in [0.15, 0.2) is 0 Å². The Hall–Kier alpha value is -16.3. The Labute approximate surface area is 702 Å². The fraction of sp³-hybridized carbons (Fsp3) is 0. The smallest absolute Gasteiger partial charge is 0.0562 e. The van der Waals surface area contributed by atoms with Gasteiger partial charge >= 0.3 is 0 Å². The van der Waals surface area contributed by atoms with E-state index in [1.165, 1.54) is 208 Å². The number of fused-ring (bicyclic) bond motifs is 20. The van der Waals surface area contributed by atoms with Gasteiger partial charge in [-0.15, -0.1) is 0 Å². The highest BCUT2D eigenvalue weighted by Crippen LogP contribution is 2.47. The normalized spacial score (nSPS) is 11.9. The van der Waals surface area contributed by atoms with Crippen molar-refractivity contribution in [3.05, 3.63) is 449 Å². The first-order chi connectivity index (χ1) is 60.5. The Bertz CT molecular complexity index is 8730. The fourth-order valence-electron chi connectivity index (χ4n) is 20.1. The Balaban J connectivity index is 0.000000134. The van der Waals surface area contributed by atoms with Crippen molar-refractivity contribution in [1.29, 1.82) is 0 Å². The first-order valence-corrected chi connectivity index (χ1v) is 42.0. The lowest BCUT2D eigenvalue weighted by Gasteiger charge is -2.12. The highest BCUT2D eigenvalue weighted by Gasteiger charge is 2.25. The lowest BCUT2D eigenvalue weighted by Crippen LogP contribution is -1.96. The highest BCUT2D eigenvalue weighted by molar-refractivity contribution is 6.23. The summed E-state index contributed by atoms with van der Waals surface area (Å²) in [5.41, 5.74) is 30.9. The summed E-state index contributed by atoms with van der Waals surface area (Å²) in [4.78, 5) is 0. The summed E-state index contributed by atoms with van der Waals surface area (Å²) in [5, 5.41) is 19.9. The summed E-state index contributed by atoms with van der Waals surface area (Å²) >= 11 is 0. The number of hydrogen-bond donors (Lipinski definition) is 0. The summed E-state index contributed by atoms with van der Waals surface area (Å²) in [6.45, 7) is 0. The molecule has 26 aromatic rings. The molecule has 6 aromatic heterocycles. The fourth-order valence-corrected chi connectivity index (χ4v) is 20.1. The molecule has 0 bridgehead atoms. The molecule has 26 rings (SSSR count). The maximum atomic E-state index is 2.47. The molecule has 0 unspecified atom stereocenters. The molecular formula is C116H74N6. The number of rotatable bonds is 10. The van der Waals surface area contributed by atoms with E-state index in [2.05, 4.69) is 476 Å². The van der Waals surface area contributed by atoms with Crippen LogP contribution < -0.4 is 0 Å². The molecule has 0 aliphatic heterocycles. The van der Waals surface area contributed by atoms with E-state index in [1.807, 2.05) is 0 Å². The first kappa shape index (κ1) is 68.9. The van der Waals surface area contributed by atoms with E-state index >= 15 is 0 Å². The average Bonchev–Trinajstić information content (AvgIpc) is 1.56. The largest absolute Gasteiger partial charge is 0.309 e. The zero-order valence-corrected chi connectivity index (χ0v) is 66.4. The van der Waals surface area contributed by atoms with Crippen LogP contribution in [0.5, 0.6) is 0 Å². The second-order valence-corrected chi connectivity index (χ2v) is 32.3. The van der Waals surface area contributed by atoms with E-state index in [1.54, 1.807) is 0 Å². The lowest BCUT2D eigenvalue weighted by molar-refractivity contribution is 1.16.